The highest BCUT2D eigenvalue weighted by Crippen LogP contribution is 2.29. The second-order valence-electron chi connectivity index (χ2n) is 8.23. The van der Waals surface area contributed by atoms with Gasteiger partial charge in [0, 0.05) is 32.2 Å². The van der Waals surface area contributed by atoms with E-state index in [1.54, 1.807) is 39.3 Å². The summed E-state index contributed by atoms with van der Waals surface area (Å²) in [5, 5.41) is 0. The van der Waals surface area contributed by atoms with Crippen molar-refractivity contribution < 1.29 is 23.8 Å². The Kier molecular flexibility index (Phi) is 9.07. The average molecular weight is 474 g/mol. The molecule has 0 saturated heterocycles. The Hall–Kier alpha value is -4.06. The van der Waals surface area contributed by atoms with Gasteiger partial charge in [-0.3, -0.25) is 4.79 Å². The topological polar surface area (TPSA) is 65.1 Å². The number of likely N-dealkylation sites (N-methyl/N-ethyl adjacent to an activating group) is 1. The number of hydrogen-bond donors (Lipinski definition) is 0. The van der Waals surface area contributed by atoms with Crippen LogP contribution in [0.1, 0.15) is 29.5 Å². The van der Waals surface area contributed by atoms with Crippen LogP contribution in [0.4, 0.5) is 0 Å². The Balaban J connectivity index is 1.82. The first-order valence-electron chi connectivity index (χ1n) is 11.4. The molecule has 182 valence electrons. The van der Waals surface area contributed by atoms with Gasteiger partial charge in [-0.05, 0) is 72.0 Å². The fourth-order valence-electron chi connectivity index (χ4n) is 3.54. The normalized spacial score (nSPS) is 11.0. The van der Waals surface area contributed by atoms with Crippen molar-refractivity contribution in [2.24, 2.45) is 0 Å². The van der Waals surface area contributed by atoms with Crippen LogP contribution in [-0.4, -0.2) is 45.4 Å². The van der Waals surface area contributed by atoms with Crippen molar-refractivity contribution in [3.8, 4) is 23.0 Å². The first-order valence-corrected chi connectivity index (χ1v) is 11.4. The maximum Gasteiger partial charge on any atom is 0.253 e. The molecule has 1 amide bonds. The van der Waals surface area contributed by atoms with E-state index in [1.165, 1.54) is 5.56 Å². The lowest BCUT2D eigenvalue weighted by Gasteiger charge is -2.15. The summed E-state index contributed by atoms with van der Waals surface area (Å²) in [5.41, 5.74) is 3.26. The van der Waals surface area contributed by atoms with Gasteiger partial charge >= 0.3 is 0 Å². The zero-order valence-electron chi connectivity index (χ0n) is 20.6. The molecule has 0 unspecified atom stereocenters. The van der Waals surface area contributed by atoms with Crippen molar-refractivity contribution >= 4 is 23.8 Å². The molecule has 0 atom stereocenters. The summed E-state index contributed by atoms with van der Waals surface area (Å²) < 4.78 is 16.7. The van der Waals surface area contributed by atoms with Gasteiger partial charge in [-0.15, -0.1) is 0 Å². The van der Waals surface area contributed by atoms with E-state index in [-0.39, 0.29) is 5.91 Å². The Morgan fingerprint density at radius 1 is 0.829 bits per heavy atom. The lowest BCUT2D eigenvalue weighted by molar-refractivity contribution is -0.122. The molecule has 0 aliphatic heterocycles. The monoisotopic (exact) mass is 473 g/mol. The minimum Gasteiger partial charge on any atom is -0.497 e. The minimum atomic E-state index is -0.120. The molecule has 6 heteroatoms. The molecule has 0 aliphatic carbocycles. The lowest BCUT2D eigenvalue weighted by Crippen LogP contribution is -2.22. The van der Waals surface area contributed by atoms with Crippen LogP contribution in [-0.2, 0) is 16.0 Å². The molecular formula is C29H31NO5. The van der Waals surface area contributed by atoms with Gasteiger partial charge in [-0.1, -0.05) is 24.3 Å². The van der Waals surface area contributed by atoms with Crippen LogP contribution < -0.4 is 14.2 Å². The standard InChI is InChI=1S/C29H31NO5/c1-30(2)29(32)28(19-22-17-26(33-3)20-27(18-22)34-4)23-10-14-25(15-11-23)35-24-12-8-21(9-13-24)7-5-6-16-31/h8-20H,5-7H2,1-4H3/b28-19+. The number of methoxy groups -OCH3 is 2. The van der Waals surface area contributed by atoms with Gasteiger partial charge in [0.15, 0.2) is 0 Å². The molecule has 0 radical (unpaired) electrons. The number of amides is 1. The summed E-state index contributed by atoms with van der Waals surface area (Å²) in [7, 11) is 6.63. The largest absolute Gasteiger partial charge is 0.497 e. The average Bonchev–Trinajstić information content (AvgIpc) is 2.88. The maximum absolute atomic E-state index is 13.0. The predicted octanol–water partition coefficient (Wildman–Crippen LogP) is 5.65. The van der Waals surface area contributed by atoms with Gasteiger partial charge in [0.25, 0.3) is 5.91 Å². The number of nitrogens with zero attached hydrogens (tertiary/aromatic N) is 1. The van der Waals surface area contributed by atoms with Crippen molar-refractivity contribution in [1.82, 2.24) is 4.90 Å². The lowest BCUT2D eigenvalue weighted by atomic mass is 10.0. The summed E-state index contributed by atoms with van der Waals surface area (Å²) in [6.45, 7) is 0. The van der Waals surface area contributed by atoms with Gasteiger partial charge in [0.1, 0.15) is 29.3 Å². The molecule has 0 bridgehead atoms. The Morgan fingerprint density at radius 2 is 1.40 bits per heavy atom. The number of benzene rings is 3. The zero-order valence-corrected chi connectivity index (χ0v) is 20.6. The Bertz CT molecular complexity index is 1140. The number of ether oxygens (including phenoxy) is 3. The second-order valence-corrected chi connectivity index (χ2v) is 8.23. The molecule has 0 aromatic heterocycles. The third-order valence-electron chi connectivity index (χ3n) is 5.43. The second kappa shape index (κ2) is 12.4. The van der Waals surface area contributed by atoms with E-state index in [0.717, 1.165) is 36.0 Å². The van der Waals surface area contributed by atoms with Crippen LogP contribution in [0, 0.1) is 0 Å². The van der Waals surface area contributed by atoms with Crippen LogP contribution >= 0.6 is 0 Å². The van der Waals surface area contributed by atoms with Crippen LogP contribution in [0.3, 0.4) is 0 Å². The molecule has 0 fully saturated rings. The number of hydrogen-bond acceptors (Lipinski definition) is 5. The predicted molar refractivity (Wildman–Crippen MR) is 138 cm³/mol. The van der Waals surface area contributed by atoms with Gasteiger partial charge in [-0.25, -0.2) is 0 Å². The van der Waals surface area contributed by atoms with Crippen LogP contribution in [0.15, 0.2) is 66.7 Å². The van der Waals surface area contributed by atoms with Crippen LogP contribution in [0.5, 0.6) is 23.0 Å². The first-order chi connectivity index (χ1) is 16.9. The number of aryl methyl sites for hydroxylation is 1. The van der Waals surface area contributed by atoms with Crippen molar-refractivity contribution in [2.75, 3.05) is 28.3 Å². The summed E-state index contributed by atoms with van der Waals surface area (Å²) in [5.74, 6) is 2.56. The van der Waals surface area contributed by atoms with Gasteiger partial charge < -0.3 is 23.9 Å². The molecular weight excluding hydrogens is 442 g/mol. The summed E-state index contributed by atoms with van der Waals surface area (Å²) in [6, 6.07) is 20.8. The highest BCUT2D eigenvalue weighted by molar-refractivity contribution is 6.24. The Morgan fingerprint density at radius 3 is 1.91 bits per heavy atom. The molecule has 0 aliphatic rings. The molecule has 35 heavy (non-hydrogen) atoms. The molecule has 0 heterocycles. The fourth-order valence-corrected chi connectivity index (χ4v) is 3.54. The number of aldehydes is 1. The van der Waals surface area contributed by atoms with E-state index >= 15 is 0 Å². The molecule has 0 spiro atoms. The van der Waals surface area contributed by atoms with Crippen molar-refractivity contribution in [3.05, 3.63) is 83.4 Å². The van der Waals surface area contributed by atoms with E-state index in [0.29, 0.717) is 29.2 Å². The number of carbonyl (C=O) groups is 2. The van der Waals surface area contributed by atoms with Gasteiger partial charge in [0.05, 0.1) is 14.2 Å². The van der Waals surface area contributed by atoms with E-state index in [4.69, 9.17) is 14.2 Å². The molecule has 0 N–H and O–H groups in total. The molecule has 6 nitrogen and oxygen atoms in total. The number of rotatable bonds is 11. The summed E-state index contributed by atoms with van der Waals surface area (Å²) in [4.78, 5) is 25.0. The van der Waals surface area contributed by atoms with E-state index in [9.17, 15) is 9.59 Å². The molecule has 0 saturated carbocycles. The van der Waals surface area contributed by atoms with Crippen molar-refractivity contribution in [1.29, 1.82) is 0 Å². The van der Waals surface area contributed by atoms with E-state index in [1.807, 2.05) is 66.7 Å². The van der Waals surface area contributed by atoms with Crippen molar-refractivity contribution in [3.63, 3.8) is 0 Å². The van der Waals surface area contributed by atoms with Crippen molar-refractivity contribution in [2.45, 2.75) is 19.3 Å². The maximum atomic E-state index is 13.0. The first kappa shape index (κ1) is 25.6. The SMILES string of the molecule is COc1cc(/C=C(/C(=O)N(C)C)c2ccc(Oc3ccc(CCCC=O)cc3)cc2)cc(OC)c1. The summed E-state index contributed by atoms with van der Waals surface area (Å²) >= 11 is 0. The minimum absolute atomic E-state index is 0.120. The Labute approximate surface area is 206 Å². The third-order valence-corrected chi connectivity index (χ3v) is 5.43. The summed E-state index contributed by atoms with van der Waals surface area (Å²) in [6.07, 6.45) is 5.05. The highest BCUT2D eigenvalue weighted by Gasteiger charge is 2.15. The van der Waals surface area contributed by atoms with E-state index in [2.05, 4.69) is 0 Å². The quantitative estimate of drug-likeness (QED) is 0.156. The molecule has 3 aromatic rings. The van der Waals surface area contributed by atoms with Crippen LogP contribution in [0.25, 0.3) is 11.6 Å². The molecule has 3 rings (SSSR count). The number of unbranched alkanes of at least 4 members (excludes halogenated alkanes) is 1. The van der Waals surface area contributed by atoms with Crippen LogP contribution in [0.2, 0.25) is 0 Å². The van der Waals surface area contributed by atoms with Gasteiger partial charge in [-0.2, -0.15) is 0 Å². The van der Waals surface area contributed by atoms with E-state index < -0.39 is 0 Å². The number of carbonyl (C=O) groups excluding carboxylic acids is 2. The third kappa shape index (κ3) is 7.21. The fraction of sp³-hybridized carbons (Fsp3) is 0.241. The zero-order chi connectivity index (χ0) is 25.2. The highest BCUT2D eigenvalue weighted by atomic mass is 16.5. The smallest absolute Gasteiger partial charge is 0.253 e. The van der Waals surface area contributed by atoms with Gasteiger partial charge in [0.2, 0.25) is 0 Å². The molecule has 3 aromatic carbocycles.